The fourth-order valence-electron chi connectivity index (χ4n) is 3.17. The molecule has 0 radical (unpaired) electrons. The molecule has 120 valence electrons. The van der Waals surface area contributed by atoms with E-state index in [4.69, 9.17) is 5.14 Å². The van der Waals surface area contributed by atoms with E-state index in [-0.39, 0.29) is 18.9 Å². The van der Waals surface area contributed by atoms with Gasteiger partial charge in [0.05, 0.1) is 0 Å². The normalized spacial score (nSPS) is 23.4. The topological polar surface area (TPSA) is 83.7 Å². The Labute approximate surface area is 130 Å². The number of likely N-dealkylation sites (tertiary alicyclic amines) is 1. The molecule has 2 heterocycles. The van der Waals surface area contributed by atoms with Crippen LogP contribution in [-0.4, -0.2) is 44.1 Å². The van der Waals surface area contributed by atoms with Gasteiger partial charge in [0.25, 0.3) is 0 Å². The number of carbonyl (C=O) groups excluding carboxylic acids is 1. The smallest absolute Gasteiger partial charge is 0.228 e. The number of hydrogen-bond donors (Lipinski definition) is 1. The van der Waals surface area contributed by atoms with Crippen LogP contribution in [0.2, 0.25) is 0 Å². The van der Waals surface area contributed by atoms with Crippen molar-refractivity contribution >= 4 is 21.6 Å². The lowest BCUT2D eigenvalue weighted by Gasteiger charge is -2.19. The van der Waals surface area contributed by atoms with Crippen LogP contribution in [0.4, 0.5) is 5.69 Å². The molecule has 0 saturated carbocycles. The Kier molecular flexibility index (Phi) is 4.20. The lowest BCUT2D eigenvalue weighted by molar-refractivity contribution is -0.117. The van der Waals surface area contributed by atoms with Gasteiger partial charge in [-0.15, -0.1) is 0 Å². The van der Waals surface area contributed by atoms with E-state index < -0.39 is 15.3 Å². The van der Waals surface area contributed by atoms with Crippen molar-refractivity contribution in [2.24, 2.45) is 5.14 Å². The minimum absolute atomic E-state index is 0.0326. The van der Waals surface area contributed by atoms with Crippen LogP contribution in [0.3, 0.4) is 0 Å². The first kappa shape index (κ1) is 15.5. The summed E-state index contributed by atoms with van der Waals surface area (Å²) in [7, 11) is -3.68. The summed E-state index contributed by atoms with van der Waals surface area (Å²) in [5.74, 6) is -0.183. The molecule has 2 aliphatic rings. The first-order chi connectivity index (χ1) is 10.4. The van der Waals surface area contributed by atoms with Crippen LogP contribution in [0.5, 0.6) is 0 Å². The van der Waals surface area contributed by atoms with Crippen LogP contribution in [0, 0.1) is 0 Å². The van der Waals surface area contributed by atoms with Gasteiger partial charge in [0.2, 0.25) is 15.9 Å². The van der Waals surface area contributed by atoms with Crippen LogP contribution in [0.1, 0.15) is 24.8 Å². The molecule has 1 aromatic rings. The van der Waals surface area contributed by atoms with Crippen molar-refractivity contribution < 1.29 is 13.2 Å². The third-order valence-electron chi connectivity index (χ3n) is 4.38. The van der Waals surface area contributed by atoms with Crippen LogP contribution in [-0.2, 0) is 21.4 Å². The Hall–Kier alpha value is -1.44. The maximum atomic E-state index is 12.1. The summed E-state index contributed by atoms with van der Waals surface area (Å²) >= 11 is 0. The zero-order valence-corrected chi connectivity index (χ0v) is 13.3. The van der Waals surface area contributed by atoms with Crippen molar-refractivity contribution in [3.05, 3.63) is 29.8 Å². The second kappa shape index (κ2) is 5.98. The standard InChI is InChI=1S/C15H21N3O3S/c16-22(20,21)14-9-15(19)18(11-14)13-5-3-4-12(8-13)10-17-6-1-2-7-17/h3-5,8,14H,1-2,6-7,9-11H2,(H2,16,20,21). The number of sulfonamides is 1. The molecule has 6 nitrogen and oxygen atoms in total. The first-order valence-electron chi connectivity index (χ1n) is 7.57. The van der Waals surface area contributed by atoms with Crippen molar-refractivity contribution in [1.82, 2.24) is 4.90 Å². The summed E-state index contributed by atoms with van der Waals surface area (Å²) in [6.07, 6.45) is 2.44. The SMILES string of the molecule is NS(=O)(=O)C1CC(=O)N(c2cccc(CN3CCCC3)c2)C1. The predicted octanol–water partition coefficient (Wildman–Crippen LogP) is 0.676. The Balaban J connectivity index is 1.76. The molecule has 2 saturated heterocycles. The van der Waals surface area contributed by atoms with Gasteiger partial charge >= 0.3 is 0 Å². The van der Waals surface area contributed by atoms with E-state index in [1.165, 1.54) is 17.7 Å². The third-order valence-corrected chi connectivity index (χ3v) is 5.63. The van der Waals surface area contributed by atoms with Gasteiger partial charge in [0.15, 0.2) is 0 Å². The molecule has 1 aromatic carbocycles. The molecule has 2 fully saturated rings. The fourth-order valence-corrected chi connectivity index (χ4v) is 3.90. The van der Waals surface area contributed by atoms with E-state index in [0.29, 0.717) is 0 Å². The number of hydrogen-bond acceptors (Lipinski definition) is 4. The highest BCUT2D eigenvalue weighted by atomic mass is 32.2. The molecule has 7 heteroatoms. The largest absolute Gasteiger partial charge is 0.311 e. The van der Waals surface area contributed by atoms with Crippen molar-refractivity contribution in [2.45, 2.75) is 31.1 Å². The van der Waals surface area contributed by atoms with Crippen molar-refractivity contribution in [3.63, 3.8) is 0 Å². The summed E-state index contributed by atoms with van der Waals surface area (Å²) in [4.78, 5) is 16.0. The van der Waals surface area contributed by atoms with Crippen LogP contribution < -0.4 is 10.0 Å². The zero-order valence-electron chi connectivity index (χ0n) is 12.4. The average Bonchev–Trinajstić information content (AvgIpc) is 3.08. The second-order valence-electron chi connectivity index (χ2n) is 6.07. The summed E-state index contributed by atoms with van der Waals surface area (Å²) in [6.45, 7) is 3.24. The van der Waals surface area contributed by atoms with Gasteiger partial charge in [-0.3, -0.25) is 9.69 Å². The number of primary sulfonamides is 1. The average molecular weight is 323 g/mol. The Morgan fingerprint density at radius 2 is 1.95 bits per heavy atom. The van der Waals surface area contributed by atoms with E-state index in [9.17, 15) is 13.2 Å². The minimum atomic E-state index is -3.68. The molecular formula is C15H21N3O3S. The molecule has 2 aliphatic heterocycles. The molecule has 1 unspecified atom stereocenters. The van der Waals surface area contributed by atoms with E-state index in [0.717, 1.165) is 30.9 Å². The van der Waals surface area contributed by atoms with Gasteiger partial charge in [-0.2, -0.15) is 0 Å². The number of nitrogens with zero attached hydrogens (tertiary/aromatic N) is 2. The Morgan fingerprint density at radius 3 is 2.59 bits per heavy atom. The molecule has 2 N–H and O–H groups in total. The van der Waals surface area contributed by atoms with Gasteiger partial charge in [0, 0.05) is 25.2 Å². The van der Waals surface area contributed by atoms with E-state index >= 15 is 0 Å². The summed E-state index contributed by atoms with van der Waals surface area (Å²) < 4.78 is 22.9. The highest BCUT2D eigenvalue weighted by Gasteiger charge is 2.37. The monoisotopic (exact) mass is 323 g/mol. The number of anilines is 1. The highest BCUT2D eigenvalue weighted by Crippen LogP contribution is 2.25. The predicted molar refractivity (Wildman–Crippen MR) is 84.8 cm³/mol. The summed E-state index contributed by atoms with van der Waals surface area (Å²) in [5.41, 5.74) is 1.90. The van der Waals surface area contributed by atoms with Gasteiger partial charge < -0.3 is 4.90 Å². The van der Waals surface area contributed by atoms with Crippen LogP contribution in [0.15, 0.2) is 24.3 Å². The van der Waals surface area contributed by atoms with E-state index in [2.05, 4.69) is 4.90 Å². The van der Waals surface area contributed by atoms with Crippen molar-refractivity contribution in [1.29, 1.82) is 0 Å². The van der Waals surface area contributed by atoms with Gasteiger partial charge in [0.1, 0.15) is 5.25 Å². The lowest BCUT2D eigenvalue weighted by atomic mass is 10.2. The number of benzene rings is 1. The molecular weight excluding hydrogens is 302 g/mol. The maximum Gasteiger partial charge on any atom is 0.228 e. The number of nitrogens with two attached hydrogens (primary N) is 1. The Bertz CT molecular complexity index is 668. The molecule has 1 amide bonds. The number of carbonyl (C=O) groups is 1. The van der Waals surface area contributed by atoms with Crippen LogP contribution in [0.25, 0.3) is 0 Å². The molecule has 22 heavy (non-hydrogen) atoms. The second-order valence-corrected chi connectivity index (χ2v) is 7.92. The van der Waals surface area contributed by atoms with Crippen LogP contribution >= 0.6 is 0 Å². The quantitative estimate of drug-likeness (QED) is 0.883. The highest BCUT2D eigenvalue weighted by molar-refractivity contribution is 7.89. The van der Waals surface area contributed by atoms with Gasteiger partial charge in [-0.05, 0) is 43.6 Å². The van der Waals surface area contributed by atoms with Gasteiger partial charge in [-0.1, -0.05) is 12.1 Å². The number of amides is 1. The molecule has 0 bridgehead atoms. The molecule has 0 aliphatic carbocycles. The molecule has 3 rings (SSSR count). The lowest BCUT2D eigenvalue weighted by Crippen LogP contribution is -2.32. The Morgan fingerprint density at radius 1 is 1.23 bits per heavy atom. The van der Waals surface area contributed by atoms with E-state index in [1.54, 1.807) is 0 Å². The fraction of sp³-hybridized carbons (Fsp3) is 0.533. The molecule has 0 spiro atoms. The third kappa shape index (κ3) is 3.31. The molecule has 1 atom stereocenters. The number of rotatable bonds is 4. The van der Waals surface area contributed by atoms with Crippen molar-refractivity contribution in [2.75, 3.05) is 24.5 Å². The summed E-state index contributed by atoms with van der Waals surface area (Å²) in [5, 5.41) is 4.37. The summed E-state index contributed by atoms with van der Waals surface area (Å²) in [6, 6.07) is 7.77. The zero-order chi connectivity index (χ0) is 15.7. The minimum Gasteiger partial charge on any atom is -0.311 e. The van der Waals surface area contributed by atoms with Gasteiger partial charge in [-0.25, -0.2) is 13.6 Å². The van der Waals surface area contributed by atoms with Crippen molar-refractivity contribution in [3.8, 4) is 0 Å². The van der Waals surface area contributed by atoms with E-state index in [1.807, 2.05) is 24.3 Å². The first-order valence-corrected chi connectivity index (χ1v) is 9.18. The maximum absolute atomic E-state index is 12.1. The molecule has 0 aromatic heterocycles.